The van der Waals surface area contributed by atoms with Crippen molar-refractivity contribution in [3.05, 3.63) is 17.2 Å². The number of nitrogens with zero attached hydrogens (tertiary/aromatic N) is 2. The van der Waals surface area contributed by atoms with Gasteiger partial charge in [0.15, 0.2) is 0 Å². The third kappa shape index (κ3) is 4.61. The van der Waals surface area contributed by atoms with Gasteiger partial charge in [-0.3, -0.25) is 14.5 Å². The lowest BCUT2D eigenvalue weighted by molar-refractivity contribution is -0.133. The average molecular weight is 474 g/mol. The van der Waals surface area contributed by atoms with Crippen LogP contribution in [0.15, 0.2) is 12.1 Å². The van der Waals surface area contributed by atoms with E-state index in [1.54, 1.807) is 6.92 Å². The molecule has 1 aliphatic heterocycles. The highest BCUT2D eigenvalue weighted by molar-refractivity contribution is 7.88. The van der Waals surface area contributed by atoms with E-state index in [1.807, 2.05) is 0 Å². The van der Waals surface area contributed by atoms with Crippen LogP contribution >= 0.6 is 11.6 Å². The molecule has 11 heteroatoms. The lowest BCUT2D eigenvalue weighted by Crippen LogP contribution is -2.70. The van der Waals surface area contributed by atoms with Crippen LogP contribution in [0.4, 0.5) is 5.69 Å². The van der Waals surface area contributed by atoms with Gasteiger partial charge < -0.3 is 14.8 Å². The van der Waals surface area contributed by atoms with E-state index in [4.69, 9.17) is 21.1 Å². The van der Waals surface area contributed by atoms with Gasteiger partial charge in [0.1, 0.15) is 17.0 Å². The van der Waals surface area contributed by atoms with Crippen molar-refractivity contribution >= 4 is 39.1 Å². The first-order valence-electron chi connectivity index (χ1n) is 10.0. The summed E-state index contributed by atoms with van der Waals surface area (Å²) >= 11 is 6.31. The van der Waals surface area contributed by atoms with Crippen molar-refractivity contribution in [3.63, 3.8) is 0 Å². The lowest BCUT2D eigenvalue weighted by Gasteiger charge is -2.47. The van der Waals surface area contributed by atoms with Crippen LogP contribution in [0.25, 0.3) is 0 Å². The highest BCUT2D eigenvalue weighted by Crippen LogP contribution is 2.42. The molecule has 0 bridgehead atoms. The van der Waals surface area contributed by atoms with Crippen molar-refractivity contribution in [2.75, 3.05) is 38.5 Å². The first kappa shape index (κ1) is 23.6. The quantitative estimate of drug-likeness (QED) is 0.675. The van der Waals surface area contributed by atoms with Gasteiger partial charge in [-0.2, -0.15) is 4.31 Å². The summed E-state index contributed by atoms with van der Waals surface area (Å²) in [6, 6.07) is 3.02. The summed E-state index contributed by atoms with van der Waals surface area (Å²) in [5, 5.41) is 3.23. The SMILES string of the molecule is COc1cc(OC)c(N2C(=O)CN(S(C)(=O)=O)CC2(C)C(=O)NC2CCCC2)cc1Cl. The number of rotatable bonds is 6. The van der Waals surface area contributed by atoms with Crippen LogP contribution in [-0.4, -0.2) is 69.7 Å². The molecule has 3 rings (SSSR count). The molecule has 9 nitrogen and oxygen atoms in total. The Labute approximate surface area is 187 Å². The minimum Gasteiger partial charge on any atom is -0.495 e. The summed E-state index contributed by atoms with van der Waals surface area (Å²) in [5.74, 6) is -0.348. The maximum Gasteiger partial charge on any atom is 0.247 e. The van der Waals surface area contributed by atoms with Crippen LogP contribution in [0.5, 0.6) is 11.5 Å². The maximum absolute atomic E-state index is 13.5. The monoisotopic (exact) mass is 473 g/mol. The molecule has 1 aliphatic carbocycles. The first-order chi connectivity index (χ1) is 14.5. The van der Waals surface area contributed by atoms with E-state index < -0.39 is 33.9 Å². The van der Waals surface area contributed by atoms with Crippen LogP contribution in [0.3, 0.4) is 0 Å². The molecule has 0 spiro atoms. The summed E-state index contributed by atoms with van der Waals surface area (Å²) in [6.45, 7) is 0.977. The smallest absolute Gasteiger partial charge is 0.247 e. The molecule has 2 amide bonds. The van der Waals surface area contributed by atoms with Gasteiger partial charge in [0, 0.05) is 18.7 Å². The Morgan fingerprint density at radius 2 is 1.81 bits per heavy atom. The first-order valence-corrected chi connectivity index (χ1v) is 12.2. The fourth-order valence-electron chi connectivity index (χ4n) is 4.20. The predicted octanol–water partition coefficient (Wildman–Crippen LogP) is 1.78. The highest BCUT2D eigenvalue weighted by Gasteiger charge is 2.51. The zero-order valence-corrected chi connectivity index (χ0v) is 19.7. The van der Waals surface area contributed by atoms with E-state index in [-0.39, 0.29) is 29.0 Å². The number of nitrogens with one attached hydrogen (secondary N) is 1. The molecule has 2 fully saturated rings. The number of sulfonamides is 1. The van der Waals surface area contributed by atoms with Gasteiger partial charge in [-0.25, -0.2) is 8.42 Å². The number of ether oxygens (including phenoxy) is 2. The van der Waals surface area contributed by atoms with Crippen molar-refractivity contribution in [1.29, 1.82) is 0 Å². The number of hydrogen-bond acceptors (Lipinski definition) is 6. The van der Waals surface area contributed by atoms with E-state index in [1.165, 1.54) is 31.3 Å². The summed E-state index contributed by atoms with van der Waals surface area (Å²) in [4.78, 5) is 28.0. The molecule has 1 heterocycles. The Bertz CT molecular complexity index is 979. The molecule has 172 valence electrons. The molecule has 1 saturated heterocycles. The third-order valence-electron chi connectivity index (χ3n) is 5.88. The number of benzene rings is 1. The molecule has 2 aliphatic rings. The number of carbonyl (C=O) groups is 2. The van der Waals surface area contributed by atoms with Crippen molar-refractivity contribution < 1.29 is 27.5 Å². The molecule has 1 N–H and O–H groups in total. The number of hydrogen-bond donors (Lipinski definition) is 1. The van der Waals surface area contributed by atoms with E-state index in [9.17, 15) is 18.0 Å². The normalized spacial score (nSPS) is 23.1. The standard InChI is InChI=1S/C20H28ClN3O6S/c1-20(19(26)22-13-7-5-6-8-13)12-23(31(4,27)28)11-18(25)24(20)15-9-14(21)16(29-2)10-17(15)30-3/h9-10,13H,5-8,11-12H2,1-4H3,(H,22,26). The third-order valence-corrected chi connectivity index (χ3v) is 7.37. The number of methoxy groups -OCH3 is 2. The molecule has 1 unspecified atom stereocenters. The van der Waals surface area contributed by atoms with Crippen LogP contribution in [-0.2, 0) is 19.6 Å². The molecule has 1 aromatic rings. The summed E-state index contributed by atoms with van der Waals surface area (Å²) < 4.78 is 36.2. The molecule has 1 aromatic carbocycles. The Hall–Kier alpha value is -2.04. The summed E-state index contributed by atoms with van der Waals surface area (Å²) in [6.07, 6.45) is 4.76. The number of halogens is 1. The van der Waals surface area contributed by atoms with E-state index in [0.717, 1.165) is 36.2 Å². The maximum atomic E-state index is 13.5. The number of carbonyl (C=O) groups excluding carboxylic acids is 2. The number of piperazine rings is 1. The minimum absolute atomic E-state index is 0.00348. The van der Waals surface area contributed by atoms with Crippen molar-refractivity contribution in [3.8, 4) is 11.5 Å². The highest BCUT2D eigenvalue weighted by atomic mass is 35.5. The molecule has 31 heavy (non-hydrogen) atoms. The lowest BCUT2D eigenvalue weighted by atomic mass is 9.93. The van der Waals surface area contributed by atoms with Gasteiger partial charge in [0.25, 0.3) is 0 Å². The number of amides is 2. The Balaban J connectivity index is 2.10. The van der Waals surface area contributed by atoms with Crippen molar-refractivity contribution in [2.24, 2.45) is 0 Å². The predicted molar refractivity (Wildman–Crippen MR) is 117 cm³/mol. The van der Waals surface area contributed by atoms with Crippen LogP contribution in [0.2, 0.25) is 5.02 Å². The second-order valence-corrected chi connectivity index (χ2v) is 10.5. The zero-order chi connectivity index (χ0) is 23.0. The molecular weight excluding hydrogens is 446 g/mol. The second-order valence-electron chi connectivity index (χ2n) is 8.15. The minimum atomic E-state index is -3.70. The molecule has 1 atom stereocenters. The van der Waals surface area contributed by atoms with Gasteiger partial charge in [0.05, 0.1) is 37.7 Å². The molecular formula is C20H28ClN3O6S. The fraction of sp³-hybridized carbons (Fsp3) is 0.600. The topological polar surface area (TPSA) is 105 Å². The second kappa shape index (κ2) is 8.84. The molecule has 0 aromatic heterocycles. The van der Waals surface area contributed by atoms with Gasteiger partial charge >= 0.3 is 0 Å². The fourth-order valence-corrected chi connectivity index (χ4v) is 5.27. The zero-order valence-electron chi connectivity index (χ0n) is 18.1. The Morgan fingerprint density at radius 1 is 1.19 bits per heavy atom. The Morgan fingerprint density at radius 3 is 2.35 bits per heavy atom. The van der Waals surface area contributed by atoms with Gasteiger partial charge in [-0.05, 0) is 25.8 Å². The van der Waals surface area contributed by atoms with Crippen LogP contribution in [0, 0.1) is 0 Å². The van der Waals surface area contributed by atoms with Gasteiger partial charge in [-0.15, -0.1) is 0 Å². The van der Waals surface area contributed by atoms with E-state index in [0.29, 0.717) is 5.75 Å². The van der Waals surface area contributed by atoms with Crippen LogP contribution < -0.4 is 19.7 Å². The summed E-state index contributed by atoms with van der Waals surface area (Å²) in [5.41, 5.74) is -1.23. The van der Waals surface area contributed by atoms with E-state index >= 15 is 0 Å². The summed E-state index contributed by atoms with van der Waals surface area (Å²) in [7, 11) is -0.818. The van der Waals surface area contributed by atoms with Crippen molar-refractivity contribution in [1.82, 2.24) is 9.62 Å². The van der Waals surface area contributed by atoms with Crippen molar-refractivity contribution in [2.45, 2.75) is 44.2 Å². The van der Waals surface area contributed by atoms with Gasteiger partial charge in [0.2, 0.25) is 21.8 Å². The largest absolute Gasteiger partial charge is 0.495 e. The van der Waals surface area contributed by atoms with Crippen LogP contribution in [0.1, 0.15) is 32.6 Å². The van der Waals surface area contributed by atoms with E-state index in [2.05, 4.69) is 5.32 Å². The number of anilines is 1. The van der Waals surface area contributed by atoms with Gasteiger partial charge in [-0.1, -0.05) is 24.4 Å². The Kier molecular flexibility index (Phi) is 6.73. The molecule has 1 saturated carbocycles. The molecule has 0 radical (unpaired) electrons. The average Bonchev–Trinajstić information content (AvgIpc) is 3.20.